The van der Waals surface area contributed by atoms with Gasteiger partial charge >= 0.3 is 0 Å². The highest BCUT2D eigenvalue weighted by molar-refractivity contribution is 7.14. The molecule has 124 valence electrons. The standard InChI is InChI=1S/C18H18N2O3S/c1-11(2)22-14-7-5-13(6-8-14)17(21)20-18-19-15(10-24-18)16-9-4-12(3)23-16/h4-11H,1-3H3,(H,19,20,21). The number of carbonyl (C=O) groups is 1. The van der Waals surface area contributed by atoms with Gasteiger partial charge in [-0.25, -0.2) is 4.98 Å². The van der Waals surface area contributed by atoms with E-state index in [0.29, 0.717) is 22.1 Å². The van der Waals surface area contributed by atoms with Gasteiger partial charge in [0.2, 0.25) is 0 Å². The van der Waals surface area contributed by atoms with Crippen molar-refractivity contribution in [3.63, 3.8) is 0 Å². The second-order valence-electron chi connectivity index (χ2n) is 5.59. The number of anilines is 1. The van der Waals surface area contributed by atoms with Crippen LogP contribution in [0.3, 0.4) is 0 Å². The minimum atomic E-state index is -0.206. The molecule has 0 saturated carbocycles. The van der Waals surface area contributed by atoms with Gasteiger partial charge in [-0.2, -0.15) is 0 Å². The Morgan fingerprint density at radius 1 is 1.21 bits per heavy atom. The first kappa shape index (κ1) is 16.3. The first-order chi connectivity index (χ1) is 11.5. The summed E-state index contributed by atoms with van der Waals surface area (Å²) < 4.78 is 11.1. The van der Waals surface area contributed by atoms with Gasteiger partial charge in [-0.05, 0) is 57.2 Å². The Morgan fingerprint density at radius 2 is 1.96 bits per heavy atom. The van der Waals surface area contributed by atoms with Crippen LogP contribution in [0.25, 0.3) is 11.5 Å². The highest BCUT2D eigenvalue weighted by Crippen LogP contribution is 2.26. The van der Waals surface area contributed by atoms with Gasteiger partial charge in [0.1, 0.15) is 17.2 Å². The summed E-state index contributed by atoms with van der Waals surface area (Å²) in [6, 6.07) is 10.8. The monoisotopic (exact) mass is 342 g/mol. The fourth-order valence-electron chi connectivity index (χ4n) is 2.14. The number of amides is 1. The van der Waals surface area contributed by atoms with Crippen LogP contribution in [-0.4, -0.2) is 17.0 Å². The van der Waals surface area contributed by atoms with Crippen LogP contribution >= 0.6 is 11.3 Å². The third kappa shape index (κ3) is 3.83. The van der Waals surface area contributed by atoms with Crippen molar-refractivity contribution < 1.29 is 13.9 Å². The third-order valence-electron chi connectivity index (χ3n) is 3.21. The first-order valence-electron chi connectivity index (χ1n) is 7.61. The summed E-state index contributed by atoms with van der Waals surface area (Å²) in [6.45, 7) is 5.80. The van der Waals surface area contributed by atoms with Crippen molar-refractivity contribution in [2.24, 2.45) is 0 Å². The Balaban J connectivity index is 1.67. The van der Waals surface area contributed by atoms with Crippen LogP contribution in [0.2, 0.25) is 0 Å². The van der Waals surface area contributed by atoms with Crippen LogP contribution in [0.15, 0.2) is 46.2 Å². The van der Waals surface area contributed by atoms with Crippen LogP contribution < -0.4 is 10.1 Å². The number of hydrogen-bond donors (Lipinski definition) is 1. The number of nitrogens with zero attached hydrogens (tertiary/aromatic N) is 1. The predicted molar refractivity (Wildman–Crippen MR) is 94.7 cm³/mol. The van der Waals surface area contributed by atoms with Crippen molar-refractivity contribution in [3.05, 3.63) is 53.1 Å². The second-order valence-corrected chi connectivity index (χ2v) is 6.45. The van der Waals surface area contributed by atoms with Crippen molar-refractivity contribution in [2.45, 2.75) is 26.9 Å². The molecule has 0 bridgehead atoms. The van der Waals surface area contributed by atoms with E-state index < -0.39 is 0 Å². The van der Waals surface area contributed by atoms with Crippen LogP contribution in [0, 0.1) is 6.92 Å². The molecule has 0 atom stereocenters. The van der Waals surface area contributed by atoms with Crippen molar-refractivity contribution in [1.82, 2.24) is 4.98 Å². The Kier molecular flexibility index (Phi) is 4.66. The number of aromatic nitrogens is 1. The Labute approximate surface area is 144 Å². The van der Waals surface area contributed by atoms with Crippen molar-refractivity contribution in [3.8, 4) is 17.2 Å². The van der Waals surface area contributed by atoms with E-state index >= 15 is 0 Å². The lowest BCUT2D eigenvalue weighted by atomic mass is 10.2. The van der Waals surface area contributed by atoms with E-state index in [1.165, 1.54) is 11.3 Å². The quantitative estimate of drug-likeness (QED) is 0.726. The highest BCUT2D eigenvalue weighted by atomic mass is 32.1. The normalized spacial score (nSPS) is 10.8. The number of hydrogen-bond acceptors (Lipinski definition) is 5. The molecule has 6 heteroatoms. The molecule has 0 aliphatic heterocycles. The summed E-state index contributed by atoms with van der Waals surface area (Å²) in [5.41, 5.74) is 1.26. The zero-order valence-corrected chi connectivity index (χ0v) is 14.5. The van der Waals surface area contributed by atoms with E-state index in [0.717, 1.165) is 11.5 Å². The first-order valence-corrected chi connectivity index (χ1v) is 8.49. The number of rotatable bonds is 5. The molecule has 3 aromatic rings. The molecule has 0 fully saturated rings. The maximum atomic E-state index is 12.3. The number of thiazole rings is 1. The van der Waals surface area contributed by atoms with E-state index in [-0.39, 0.29) is 12.0 Å². The van der Waals surface area contributed by atoms with Crippen LogP contribution in [0.4, 0.5) is 5.13 Å². The number of aryl methyl sites for hydroxylation is 1. The molecule has 3 rings (SSSR count). The molecule has 1 N–H and O–H groups in total. The molecule has 1 amide bonds. The molecular formula is C18H18N2O3S. The smallest absolute Gasteiger partial charge is 0.257 e. The molecule has 24 heavy (non-hydrogen) atoms. The molecule has 0 aliphatic carbocycles. The van der Waals surface area contributed by atoms with Crippen LogP contribution in [0.1, 0.15) is 30.0 Å². The van der Waals surface area contributed by atoms with E-state index in [9.17, 15) is 4.79 Å². The molecule has 2 aromatic heterocycles. The van der Waals surface area contributed by atoms with Gasteiger partial charge in [-0.3, -0.25) is 10.1 Å². The molecule has 2 heterocycles. The molecular weight excluding hydrogens is 324 g/mol. The third-order valence-corrected chi connectivity index (χ3v) is 3.96. The summed E-state index contributed by atoms with van der Waals surface area (Å²) in [4.78, 5) is 16.7. The Bertz CT molecular complexity index is 834. The number of benzene rings is 1. The lowest BCUT2D eigenvalue weighted by molar-refractivity contribution is 0.102. The van der Waals surface area contributed by atoms with Gasteiger partial charge in [-0.1, -0.05) is 0 Å². The number of furan rings is 1. The summed E-state index contributed by atoms with van der Waals surface area (Å²) in [6.07, 6.45) is 0.101. The number of carbonyl (C=O) groups excluding carboxylic acids is 1. The fourth-order valence-corrected chi connectivity index (χ4v) is 2.84. The maximum Gasteiger partial charge on any atom is 0.257 e. The largest absolute Gasteiger partial charge is 0.491 e. The topological polar surface area (TPSA) is 64.4 Å². The summed E-state index contributed by atoms with van der Waals surface area (Å²) >= 11 is 1.36. The van der Waals surface area contributed by atoms with Gasteiger partial charge < -0.3 is 9.15 Å². The molecule has 0 saturated heterocycles. The fraction of sp³-hybridized carbons (Fsp3) is 0.222. The van der Waals surface area contributed by atoms with Crippen molar-refractivity contribution in [2.75, 3.05) is 5.32 Å². The van der Waals surface area contributed by atoms with Crippen LogP contribution in [0.5, 0.6) is 5.75 Å². The molecule has 1 aromatic carbocycles. The van der Waals surface area contributed by atoms with E-state index in [4.69, 9.17) is 9.15 Å². The minimum absolute atomic E-state index is 0.101. The molecule has 0 radical (unpaired) electrons. The number of ether oxygens (including phenoxy) is 1. The average Bonchev–Trinajstić information content (AvgIpc) is 3.16. The average molecular weight is 342 g/mol. The highest BCUT2D eigenvalue weighted by Gasteiger charge is 2.12. The van der Waals surface area contributed by atoms with Crippen LogP contribution in [-0.2, 0) is 0 Å². The summed E-state index contributed by atoms with van der Waals surface area (Å²) in [5, 5.41) is 5.19. The minimum Gasteiger partial charge on any atom is -0.491 e. The maximum absolute atomic E-state index is 12.3. The lowest BCUT2D eigenvalue weighted by Crippen LogP contribution is -2.12. The lowest BCUT2D eigenvalue weighted by Gasteiger charge is -2.09. The molecule has 0 unspecified atom stereocenters. The van der Waals surface area contributed by atoms with E-state index in [1.54, 1.807) is 24.3 Å². The van der Waals surface area contributed by atoms with Gasteiger partial charge in [0.25, 0.3) is 5.91 Å². The van der Waals surface area contributed by atoms with Gasteiger partial charge in [0, 0.05) is 10.9 Å². The zero-order chi connectivity index (χ0) is 17.1. The Morgan fingerprint density at radius 3 is 2.58 bits per heavy atom. The van der Waals surface area contributed by atoms with Crippen molar-refractivity contribution >= 4 is 22.4 Å². The Hall–Kier alpha value is -2.60. The van der Waals surface area contributed by atoms with Gasteiger partial charge in [0.15, 0.2) is 10.9 Å². The predicted octanol–water partition coefficient (Wildman–Crippen LogP) is 4.75. The van der Waals surface area contributed by atoms with Gasteiger partial charge in [-0.15, -0.1) is 11.3 Å². The second kappa shape index (κ2) is 6.88. The molecule has 5 nitrogen and oxygen atoms in total. The number of nitrogens with one attached hydrogen (secondary N) is 1. The summed E-state index contributed by atoms with van der Waals surface area (Å²) in [5.74, 6) is 2.06. The SMILES string of the molecule is Cc1ccc(-c2csc(NC(=O)c3ccc(OC(C)C)cc3)n2)o1. The molecule has 0 aliphatic rings. The zero-order valence-electron chi connectivity index (χ0n) is 13.7. The summed E-state index contributed by atoms with van der Waals surface area (Å²) in [7, 11) is 0. The van der Waals surface area contributed by atoms with E-state index in [1.807, 2.05) is 38.3 Å². The molecule has 0 spiro atoms. The van der Waals surface area contributed by atoms with E-state index in [2.05, 4.69) is 10.3 Å². The van der Waals surface area contributed by atoms with Crippen molar-refractivity contribution in [1.29, 1.82) is 0 Å². The van der Waals surface area contributed by atoms with Gasteiger partial charge in [0.05, 0.1) is 6.10 Å².